The van der Waals surface area contributed by atoms with E-state index < -0.39 is 134 Å². The van der Waals surface area contributed by atoms with Gasteiger partial charge >= 0.3 is 53.7 Å². The third-order valence-electron chi connectivity index (χ3n) is 11.0. The number of carbonyl (C=O) groups is 2. The van der Waals surface area contributed by atoms with Gasteiger partial charge in [-0.05, 0) is 72.6 Å². The number of rotatable bonds is 24. The number of alkyl halides is 17. The topological polar surface area (TPSA) is 106 Å². The molecule has 388 valence electrons. The number of amides is 2. The first-order chi connectivity index (χ1) is 30.7. The number of halogens is 19. The molecule has 0 spiro atoms. The Morgan fingerprint density at radius 2 is 1.21 bits per heavy atom. The van der Waals surface area contributed by atoms with E-state index in [2.05, 4.69) is 5.32 Å². The molecule has 68 heavy (non-hydrogen) atoms. The Kier molecular flexibility index (Phi) is 19.0. The summed E-state index contributed by atoms with van der Waals surface area (Å²) in [6.45, 7) is 7.12. The van der Waals surface area contributed by atoms with Gasteiger partial charge in [-0.2, -0.15) is 74.6 Å². The van der Waals surface area contributed by atoms with Crippen LogP contribution in [0.15, 0.2) is 54.1 Å². The predicted molar refractivity (Wildman–Crippen MR) is 205 cm³/mol. The van der Waals surface area contributed by atoms with Crippen molar-refractivity contribution in [2.75, 3.05) is 18.5 Å². The van der Waals surface area contributed by atoms with Crippen molar-refractivity contribution in [1.82, 2.24) is 5.48 Å². The van der Waals surface area contributed by atoms with Crippen molar-refractivity contribution >= 4 is 26.0 Å². The van der Waals surface area contributed by atoms with Gasteiger partial charge in [-0.15, -0.1) is 0 Å². The number of nitrogens with one attached hydrogen (secondary N) is 2. The Hall–Kier alpha value is -4.47. The van der Waals surface area contributed by atoms with E-state index in [0.717, 1.165) is 12.1 Å². The van der Waals surface area contributed by atoms with Crippen LogP contribution < -0.4 is 15.5 Å². The zero-order valence-corrected chi connectivity index (χ0v) is 37.3. The highest BCUT2D eigenvalue weighted by atomic mass is 28.4. The van der Waals surface area contributed by atoms with Crippen LogP contribution in [-0.4, -0.2) is 86.4 Å². The van der Waals surface area contributed by atoms with Crippen molar-refractivity contribution in [3.8, 4) is 5.75 Å². The minimum Gasteiger partial charge on any atom is -0.491 e. The first kappa shape index (κ1) is 59.6. The minimum atomic E-state index is -8.72. The SMILES string of the molecule is C/C(=C\CC[C@@H](C)[C@H](OC(=O)Nc1ccc(F)cc1F)c1ccc(OCCO[Si](CCC(F)(F)C(F)(F)C(F)(F)C(F)(F)C(F)(F)C(F)(F)C(F)(F)C(F)(F)F)(C(C)C)C(C)C)cc1)C(=O)NO. The van der Waals surface area contributed by atoms with E-state index in [1.54, 1.807) is 6.92 Å². The molecule has 0 aliphatic carbocycles. The number of hydroxylamine groups is 1. The van der Waals surface area contributed by atoms with Crippen LogP contribution in [0.1, 0.15) is 72.5 Å². The highest BCUT2D eigenvalue weighted by Crippen LogP contribution is 2.64. The number of ether oxygens (including phenoxy) is 2. The Bertz CT molecular complexity index is 2040. The highest BCUT2D eigenvalue weighted by molar-refractivity contribution is 6.76. The quantitative estimate of drug-likeness (QED) is 0.0242. The molecular formula is C40H45F19N2O6Si. The number of carbonyl (C=O) groups excluding carboxylic acids is 2. The molecule has 2 aromatic carbocycles. The maximum absolute atomic E-state index is 15.0. The van der Waals surface area contributed by atoms with Crippen molar-refractivity contribution in [1.29, 1.82) is 0 Å². The molecule has 0 fully saturated rings. The summed E-state index contributed by atoms with van der Waals surface area (Å²) >= 11 is 0. The zero-order chi connectivity index (χ0) is 52.9. The summed E-state index contributed by atoms with van der Waals surface area (Å²) in [5.74, 6) is -60.4. The molecule has 28 heteroatoms. The van der Waals surface area contributed by atoms with Crippen molar-refractivity contribution in [2.24, 2.45) is 5.92 Å². The molecule has 0 unspecified atom stereocenters. The van der Waals surface area contributed by atoms with Gasteiger partial charge < -0.3 is 13.9 Å². The van der Waals surface area contributed by atoms with Crippen LogP contribution >= 0.6 is 0 Å². The Balaban J connectivity index is 2.31. The molecule has 0 aromatic heterocycles. The van der Waals surface area contributed by atoms with Crippen molar-refractivity contribution in [3.05, 3.63) is 71.3 Å². The van der Waals surface area contributed by atoms with Crippen molar-refractivity contribution < 1.29 is 112 Å². The number of hydrogen-bond donors (Lipinski definition) is 3. The molecule has 0 bridgehead atoms. The molecule has 0 aliphatic heterocycles. The van der Waals surface area contributed by atoms with Crippen LogP contribution in [0.25, 0.3) is 0 Å². The lowest BCUT2D eigenvalue weighted by Crippen LogP contribution is -2.74. The summed E-state index contributed by atoms with van der Waals surface area (Å²) in [6.07, 6.45) is -10.8. The van der Waals surface area contributed by atoms with Gasteiger partial charge in [0.25, 0.3) is 5.91 Å². The van der Waals surface area contributed by atoms with E-state index in [-0.39, 0.29) is 24.2 Å². The van der Waals surface area contributed by atoms with E-state index in [1.807, 2.05) is 0 Å². The summed E-state index contributed by atoms with van der Waals surface area (Å²) in [6, 6.07) is 6.36. The molecule has 8 nitrogen and oxygen atoms in total. The standard InChI is InChI=1S/C40H45F19N2O6Si/c1-21(2)68(22(3)4,19-16-33(43,44)34(45,46)35(47,48)36(49,50)37(51,52)38(53,54)39(55,56)40(57,58)59)66-18-17-65-27-13-10-25(11-14-27)30(23(5)8-7-9-24(6)31(62)61-64)67-32(63)60-29-15-12-26(41)20-28(29)42/h9-15,20-23,30,64H,7-8,16-19H2,1-6H3,(H,60,63)(H,61,62)/b24-9+/t23-,30+/m1/s1. The molecule has 2 atom stereocenters. The van der Waals surface area contributed by atoms with Crippen LogP contribution in [-0.2, 0) is 14.0 Å². The monoisotopic (exact) mass is 1040 g/mol. The molecule has 0 aliphatic rings. The minimum absolute atomic E-state index is 0.0428. The van der Waals surface area contributed by atoms with Gasteiger partial charge in [0, 0.05) is 18.1 Å². The summed E-state index contributed by atoms with van der Waals surface area (Å²) in [5, 5.41) is 11.0. The van der Waals surface area contributed by atoms with Crippen LogP contribution in [0.2, 0.25) is 17.1 Å². The van der Waals surface area contributed by atoms with Gasteiger partial charge in [0.15, 0.2) is 8.32 Å². The van der Waals surface area contributed by atoms with Gasteiger partial charge in [-0.3, -0.25) is 15.3 Å². The van der Waals surface area contributed by atoms with Crippen LogP contribution in [0.4, 0.5) is 93.9 Å². The fourth-order valence-corrected chi connectivity index (χ4v) is 11.2. The lowest BCUT2D eigenvalue weighted by molar-refractivity contribution is -0.461. The second kappa shape index (κ2) is 21.7. The number of anilines is 1. The van der Waals surface area contributed by atoms with Crippen molar-refractivity contribution in [3.63, 3.8) is 0 Å². The molecule has 0 radical (unpaired) electrons. The van der Waals surface area contributed by atoms with Gasteiger partial charge in [-0.25, -0.2) is 19.1 Å². The van der Waals surface area contributed by atoms with E-state index in [4.69, 9.17) is 19.1 Å². The third-order valence-corrected chi connectivity index (χ3v) is 16.6. The van der Waals surface area contributed by atoms with Crippen LogP contribution in [0.5, 0.6) is 5.75 Å². The first-order valence-corrected chi connectivity index (χ1v) is 22.1. The molecule has 2 aromatic rings. The molecular weight excluding hydrogens is 993 g/mol. The molecule has 3 N–H and O–H groups in total. The number of hydrogen-bond acceptors (Lipinski definition) is 6. The molecule has 0 heterocycles. The Morgan fingerprint density at radius 1 is 0.706 bits per heavy atom. The fraction of sp³-hybridized carbons (Fsp3) is 0.600. The van der Waals surface area contributed by atoms with Gasteiger partial charge in [-0.1, -0.05) is 52.8 Å². The fourth-order valence-electron chi connectivity index (χ4n) is 6.75. The molecule has 2 amide bonds. The first-order valence-electron chi connectivity index (χ1n) is 19.9. The van der Waals surface area contributed by atoms with E-state index in [0.29, 0.717) is 11.6 Å². The number of allylic oxidation sites excluding steroid dienone is 1. The smallest absolute Gasteiger partial charge is 0.460 e. The zero-order valence-electron chi connectivity index (χ0n) is 36.3. The molecule has 2 rings (SSSR count). The third kappa shape index (κ3) is 12.1. The molecule has 0 saturated carbocycles. The lowest BCUT2D eigenvalue weighted by Gasteiger charge is -2.44. The lowest BCUT2D eigenvalue weighted by atomic mass is 9.88. The molecule has 0 saturated heterocycles. The van der Waals surface area contributed by atoms with Gasteiger partial charge in [0.05, 0.1) is 12.3 Å². The Labute approximate surface area is 376 Å². The predicted octanol–water partition coefficient (Wildman–Crippen LogP) is 13.7. The van der Waals surface area contributed by atoms with Crippen LogP contribution in [0.3, 0.4) is 0 Å². The summed E-state index contributed by atoms with van der Waals surface area (Å²) < 4.78 is 281. The van der Waals surface area contributed by atoms with E-state index >= 15 is 8.78 Å². The average Bonchev–Trinajstić information content (AvgIpc) is 3.22. The van der Waals surface area contributed by atoms with E-state index in [9.17, 15) is 84.2 Å². The van der Waals surface area contributed by atoms with E-state index in [1.165, 1.54) is 70.4 Å². The maximum Gasteiger partial charge on any atom is 0.460 e. The maximum atomic E-state index is 15.0. The number of benzene rings is 2. The van der Waals surface area contributed by atoms with Gasteiger partial charge in [0.1, 0.15) is 30.1 Å². The average molecular weight is 1040 g/mol. The largest absolute Gasteiger partial charge is 0.491 e. The highest BCUT2D eigenvalue weighted by Gasteiger charge is 2.95. The summed E-state index contributed by atoms with van der Waals surface area (Å²) in [7, 11) is -4.06. The normalized spacial score (nSPS) is 15.1. The second-order valence-electron chi connectivity index (χ2n) is 16.1. The summed E-state index contributed by atoms with van der Waals surface area (Å²) in [4.78, 5) is 24.5. The Morgan fingerprint density at radius 3 is 1.68 bits per heavy atom. The van der Waals surface area contributed by atoms with Crippen molar-refractivity contribution in [2.45, 2.75) is 132 Å². The van der Waals surface area contributed by atoms with Crippen LogP contribution in [0, 0.1) is 17.6 Å². The van der Waals surface area contributed by atoms with Gasteiger partial charge in [0.2, 0.25) is 0 Å². The second-order valence-corrected chi connectivity index (χ2v) is 21.1. The summed E-state index contributed by atoms with van der Waals surface area (Å²) in [5.41, 5.74) is -0.389.